The number of benzene rings is 1. The summed E-state index contributed by atoms with van der Waals surface area (Å²) in [5, 5.41) is -1.41. The van der Waals surface area contributed by atoms with E-state index in [-0.39, 0.29) is 17.7 Å². The van der Waals surface area contributed by atoms with Crippen LogP contribution in [0.1, 0.15) is 17.3 Å². The van der Waals surface area contributed by atoms with Gasteiger partial charge in [-0.05, 0) is 23.7 Å². The van der Waals surface area contributed by atoms with Gasteiger partial charge in [0.25, 0.3) is 5.24 Å². The molecular formula is C11H10Cl2F3NO4. The summed E-state index contributed by atoms with van der Waals surface area (Å²) in [5.41, 5.74) is 4.36. The Morgan fingerprint density at radius 2 is 1.90 bits per heavy atom. The lowest BCUT2D eigenvalue weighted by molar-refractivity contribution is -0.274. The van der Waals surface area contributed by atoms with Crippen molar-refractivity contribution in [3.05, 3.63) is 28.8 Å². The molecule has 10 heteroatoms. The average Bonchev–Trinajstić information content (AvgIpc) is 2.30. The van der Waals surface area contributed by atoms with E-state index < -0.39 is 22.9 Å². The van der Waals surface area contributed by atoms with Gasteiger partial charge in [-0.15, -0.1) is 13.2 Å². The SMILES string of the molecule is CC(=O)OCN.O=C(Cl)c1cccc(Cl)c1OC(F)(F)F. The fourth-order valence-electron chi connectivity index (χ4n) is 1.00. The first kappa shape index (κ1) is 19.5. The predicted molar refractivity (Wildman–Crippen MR) is 69.1 cm³/mol. The minimum Gasteiger partial charge on any atom is -0.450 e. The number of carbonyl (C=O) groups is 2. The molecule has 0 bridgehead atoms. The van der Waals surface area contributed by atoms with Gasteiger partial charge in [0, 0.05) is 6.92 Å². The zero-order chi connectivity index (χ0) is 16.6. The summed E-state index contributed by atoms with van der Waals surface area (Å²) in [5.74, 6) is -1.12. The Hall–Kier alpha value is -1.51. The number of alkyl halides is 3. The highest BCUT2D eigenvalue weighted by Gasteiger charge is 2.33. The molecule has 1 rings (SSSR count). The Morgan fingerprint density at radius 1 is 1.33 bits per heavy atom. The molecule has 0 saturated carbocycles. The minimum atomic E-state index is -4.92. The number of nitrogens with two attached hydrogens (primary N) is 1. The summed E-state index contributed by atoms with van der Waals surface area (Å²) in [6.45, 7) is 1.29. The molecule has 0 spiro atoms. The third-order valence-electron chi connectivity index (χ3n) is 1.68. The molecule has 0 amide bonds. The second-order valence-corrected chi connectivity index (χ2v) is 3.99. The fourth-order valence-corrected chi connectivity index (χ4v) is 1.36. The number of rotatable bonds is 3. The number of ether oxygens (including phenoxy) is 2. The first-order valence-corrected chi connectivity index (χ1v) is 5.91. The van der Waals surface area contributed by atoms with Crippen molar-refractivity contribution >= 4 is 34.4 Å². The van der Waals surface area contributed by atoms with Gasteiger partial charge in [0.2, 0.25) is 0 Å². The lowest BCUT2D eigenvalue weighted by Crippen LogP contribution is -2.18. The summed E-state index contributed by atoms with van der Waals surface area (Å²) >= 11 is 10.5. The third kappa shape index (κ3) is 8.38. The highest BCUT2D eigenvalue weighted by atomic mass is 35.5. The van der Waals surface area contributed by atoms with E-state index in [1.807, 2.05) is 0 Å². The van der Waals surface area contributed by atoms with Crippen molar-refractivity contribution in [3.8, 4) is 5.75 Å². The number of carbonyl (C=O) groups excluding carboxylic acids is 2. The largest absolute Gasteiger partial charge is 0.573 e. The summed E-state index contributed by atoms with van der Waals surface area (Å²) in [4.78, 5) is 20.5. The Kier molecular flexibility index (Phi) is 8.08. The van der Waals surface area contributed by atoms with Crippen LogP contribution in [0.15, 0.2) is 18.2 Å². The normalized spacial score (nSPS) is 10.2. The Labute approximate surface area is 127 Å². The molecule has 2 N–H and O–H groups in total. The minimum absolute atomic E-state index is 0.0185. The maximum atomic E-state index is 11.9. The van der Waals surface area contributed by atoms with Gasteiger partial charge in [0.05, 0.1) is 10.6 Å². The van der Waals surface area contributed by atoms with Crippen molar-refractivity contribution in [2.24, 2.45) is 5.73 Å². The topological polar surface area (TPSA) is 78.6 Å². The molecule has 1 aromatic carbocycles. The van der Waals surface area contributed by atoms with Crippen molar-refractivity contribution in [2.45, 2.75) is 13.3 Å². The van der Waals surface area contributed by atoms with E-state index in [9.17, 15) is 22.8 Å². The van der Waals surface area contributed by atoms with Crippen molar-refractivity contribution in [1.29, 1.82) is 0 Å². The third-order valence-corrected chi connectivity index (χ3v) is 2.18. The van der Waals surface area contributed by atoms with Gasteiger partial charge < -0.3 is 9.47 Å². The van der Waals surface area contributed by atoms with Crippen LogP contribution in [-0.4, -0.2) is 24.3 Å². The van der Waals surface area contributed by atoms with Crippen molar-refractivity contribution in [1.82, 2.24) is 0 Å². The van der Waals surface area contributed by atoms with E-state index in [2.05, 4.69) is 9.47 Å². The van der Waals surface area contributed by atoms with Gasteiger partial charge in [-0.1, -0.05) is 17.7 Å². The van der Waals surface area contributed by atoms with Crippen LogP contribution >= 0.6 is 23.2 Å². The van der Waals surface area contributed by atoms with Gasteiger partial charge >= 0.3 is 12.3 Å². The smallest absolute Gasteiger partial charge is 0.450 e. The Morgan fingerprint density at radius 3 is 2.24 bits per heavy atom. The summed E-state index contributed by atoms with van der Waals surface area (Å²) in [6.07, 6.45) is -4.92. The monoisotopic (exact) mass is 347 g/mol. The van der Waals surface area contributed by atoms with Crippen LogP contribution in [0.5, 0.6) is 5.75 Å². The number of para-hydroxylation sites is 1. The molecule has 0 heterocycles. The van der Waals surface area contributed by atoms with Crippen molar-refractivity contribution in [2.75, 3.05) is 6.73 Å². The van der Waals surface area contributed by atoms with Crippen LogP contribution < -0.4 is 10.5 Å². The highest BCUT2D eigenvalue weighted by Crippen LogP contribution is 2.34. The van der Waals surface area contributed by atoms with E-state index in [0.29, 0.717) is 0 Å². The van der Waals surface area contributed by atoms with Gasteiger partial charge in [-0.2, -0.15) is 0 Å². The molecule has 0 saturated heterocycles. The van der Waals surface area contributed by atoms with Crippen LogP contribution in [0.25, 0.3) is 0 Å². The molecule has 0 unspecified atom stereocenters. The number of hydrogen-bond donors (Lipinski definition) is 1. The van der Waals surface area contributed by atoms with Gasteiger partial charge in [-0.25, -0.2) is 0 Å². The number of halogens is 5. The van der Waals surface area contributed by atoms with Gasteiger partial charge in [-0.3, -0.25) is 15.3 Å². The molecular weight excluding hydrogens is 338 g/mol. The van der Waals surface area contributed by atoms with Crippen LogP contribution in [0, 0.1) is 0 Å². The summed E-state index contributed by atoms with van der Waals surface area (Å²) in [6, 6.07) is 3.54. The van der Waals surface area contributed by atoms with Crippen LogP contribution in [-0.2, 0) is 9.53 Å². The highest BCUT2D eigenvalue weighted by molar-refractivity contribution is 6.68. The molecule has 5 nitrogen and oxygen atoms in total. The maximum absolute atomic E-state index is 11.9. The Balaban J connectivity index is 0.000000567. The second kappa shape index (κ2) is 8.71. The molecule has 0 radical (unpaired) electrons. The number of esters is 1. The van der Waals surface area contributed by atoms with Gasteiger partial charge in [0.1, 0.15) is 6.73 Å². The van der Waals surface area contributed by atoms with Crippen LogP contribution in [0.4, 0.5) is 13.2 Å². The molecule has 118 valence electrons. The zero-order valence-electron chi connectivity index (χ0n) is 10.5. The number of hydrogen-bond acceptors (Lipinski definition) is 5. The summed E-state index contributed by atoms with van der Waals surface area (Å²) < 4.78 is 43.6. The van der Waals surface area contributed by atoms with E-state index in [4.69, 9.17) is 28.9 Å². The molecule has 0 aliphatic carbocycles. The van der Waals surface area contributed by atoms with E-state index in [1.54, 1.807) is 0 Å². The fraction of sp³-hybridized carbons (Fsp3) is 0.273. The first-order valence-electron chi connectivity index (χ1n) is 5.16. The first-order chi connectivity index (χ1) is 9.58. The van der Waals surface area contributed by atoms with Crippen molar-refractivity contribution < 1.29 is 32.2 Å². The zero-order valence-corrected chi connectivity index (χ0v) is 12.1. The van der Waals surface area contributed by atoms with Gasteiger partial charge in [0.15, 0.2) is 5.75 Å². The lowest BCUT2D eigenvalue weighted by atomic mass is 10.2. The standard InChI is InChI=1S/C8H3Cl2F3O2.C3H7NO2/c9-5-3-1-2-4(7(10)14)6(5)15-8(11,12)13;1-3(5)6-2-4/h1-3H;2,4H2,1H3. The molecule has 1 aromatic rings. The quantitative estimate of drug-likeness (QED) is 0.516. The Bertz CT molecular complexity index is 509. The predicted octanol–water partition coefficient (Wildman–Crippen LogP) is 3.08. The molecule has 0 aliphatic heterocycles. The average molecular weight is 348 g/mol. The van der Waals surface area contributed by atoms with Crippen LogP contribution in [0.3, 0.4) is 0 Å². The lowest BCUT2D eigenvalue weighted by Gasteiger charge is -2.12. The van der Waals surface area contributed by atoms with E-state index in [0.717, 1.165) is 12.1 Å². The maximum Gasteiger partial charge on any atom is 0.573 e. The van der Waals surface area contributed by atoms with Crippen LogP contribution in [0.2, 0.25) is 5.02 Å². The molecule has 0 aromatic heterocycles. The van der Waals surface area contributed by atoms with E-state index in [1.165, 1.54) is 13.0 Å². The molecule has 0 fully saturated rings. The molecule has 21 heavy (non-hydrogen) atoms. The molecule has 0 atom stereocenters. The van der Waals surface area contributed by atoms with E-state index >= 15 is 0 Å². The van der Waals surface area contributed by atoms with Crippen molar-refractivity contribution in [3.63, 3.8) is 0 Å². The summed E-state index contributed by atoms with van der Waals surface area (Å²) in [7, 11) is 0. The molecule has 0 aliphatic rings. The second-order valence-electron chi connectivity index (χ2n) is 3.24.